The lowest BCUT2D eigenvalue weighted by molar-refractivity contribution is -0.126. The summed E-state index contributed by atoms with van der Waals surface area (Å²) < 4.78 is 32.8. The van der Waals surface area contributed by atoms with E-state index in [1.165, 1.54) is 10.4 Å². The minimum atomic E-state index is -3.55. The zero-order valence-corrected chi connectivity index (χ0v) is 16.3. The van der Waals surface area contributed by atoms with Crippen LogP contribution in [0, 0.1) is 6.92 Å². The second-order valence-electron chi connectivity index (χ2n) is 6.52. The lowest BCUT2D eigenvalue weighted by Gasteiger charge is -2.26. The topological polar surface area (TPSA) is 75.7 Å². The van der Waals surface area contributed by atoms with Crippen molar-refractivity contribution in [1.29, 1.82) is 0 Å². The molecule has 1 aliphatic heterocycles. The van der Waals surface area contributed by atoms with Gasteiger partial charge in [-0.05, 0) is 50.8 Å². The van der Waals surface area contributed by atoms with E-state index >= 15 is 0 Å². The Kier molecular flexibility index (Phi) is 7.37. The van der Waals surface area contributed by atoms with E-state index in [2.05, 4.69) is 11.9 Å². The fourth-order valence-corrected chi connectivity index (χ4v) is 4.62. The van der Waals surface area contributed by atoms with Crippen molar-refractivity contribution in [3.63, 3.8) is 0 Å². The molecule has 1 atom stereocenters. The number of carbonyl (C=O) groups excluding carboxylic acids is 1. The quantitative estimate of drug-likeness (QED) is 0.555. The number of rotatable bonds is 8. The van der Waals surface area contributed by atoms with E-state index in [0.29, 0.717) is 37.4 Å². The Morgan fingerprint density at radius 1 is 1.35 bits per heavy atom. The number of carbonyl (C=O) groups is 1. The fraction of sp³-hybridized carbons (Fsp3) is 0.526. The SMILES string of the molecule is C=CCCO[C@@H](C)C(=O)Nc1ccc(C)c(S(=O)(=O)N2CCCCC2)c1. The third-order valence-electron chi connectivity index (χ3n) is 4.45. The van der Waals surface area contributed by atoms with Crippen LogP contribution in [0.15, 0.2) is 35.7 Å². The van der Waals surface area contributed by atoms with Crippen LogP contribution in [-0.2, 0) is 19.6 Å². The molecule has 2 rings (SSSR count). The highest BCUT2D eigenvalue weighted by molar-refractivity contribution is 7.89. The van der Waals surface area contributed by atoms with E-state index in [-0.39, 0.29) is 10.8 Å². The van der Waals surface area contributed by atoms with Gasteiger partial charge in [-0.15, -0.1) is 6.58 Å². The lowest BCUT2D eigenvalue weighted by Crippen LogP contribution is -2.36. The Morgan fingerprint density at radius 3 is 2.69 bits per heavy atom. The number of sulfonamides is 1. The number of hydrogen-bond acceptors (Lipinski definition) is 4. The first-order valence-corrected chi connectivity index (χ1v) is 10.4. The molecule has 26 heavy (non-hydrogen) atoms. The van der Waals surface area contributed by atoms with Crippen LogP contribution in [0.5, 0.6) is 0 Å². The number of hydrogen-bond donors (Lipinski definition) is 1. The highest BCUT2D eigenvalue weighted by Crippen LogP contribution is 2.26. The molecule has 0 radical (unpaired) electrons. The Balaban J connectivity index is 2.13. The second-order valence-corrected chi connectivity index (χ2v) is 8.43. The molecule has 0 spiro atoms. The lowest BCUT2D eigenvalue weighted by atomic mass is 10.2. The van der Waals surface area contributed by atoms with Gasteiger partial charge in [-0.2, -0.15) is 4.31 Å². The molecule has 1 aliphatic rings. The van der Waals surface area contributed by atoms with E-state index in [4.69, 9.17) is 4.74 Å². The number of piperidine rings is 1. The molecule has 0 aliphatic carbocycles. The molecule has 144 valence electrons. The molecule has 7 heteroatoms. The van der Waals surface area contributed by atoms with E-state index in [9.17, 15) is 13.2 Å². The predicted molar refractivity (Wildman–Crippen MR) is 103 cm³/mol. The van der Waals surface area contributed by atoms with Crippen LogP contribution in [0.25, 0.3) is 0 Å². The van der Waals surface area contributed by atoms with Gasteiger partial charge < -0.3 is 10.1 Å². The van der Waals surface area contributed by atoms with Gasteiger partial charge in [0, 0.05) is 18.8 Å². The van der Waals surface area contributed by atoms with Gasteiger partial charge in [-0.3, -0.25) is 4.79 Å². The van der Waals surface area contributed by atoms with Crippen molar-refractivity contribution in [2.75, 3.05) is 25.0 Å². The van der Waals surface area contributed by atoms with Gasteiger partial charge in [0.25, 0.3) is 5.91 Å². The predicted octanol–water partition coefficient (Wildman–Crippen LogP) is 3.09. The first kappa shape index (κ1) is 20.6. The number of aryl methyl sites for hydroxylation is 1. The average molecular weight is 381 g/mol. The molecule has 1 saturated heterocycles. The van der Waals surface area contributed by atoms with Crippen molar-refractivity contribution in [2.24, 2.45) is 0 Å². The summed E-state index contributed by atoms with van der Waals surface area (Å²) in [4.78, 5) is 12.5. The maximum Gasteiger partial charge on any atom is 0.253 e. The van der Waals surface area contributed by atoms with Crippen molar-refractivity contribution in [1.82, 2.24) is 4.31 Å². The van der Waals surface area contributed by atoms with Gasteiger partial charge in [0.1, 0.15) is 6.10 Å². The largest absolute Gasteiger partial charge is 0.368 e. The maximum absolute atomic E-state index is 12.9. The summed E-state index contributed by atoms with van der Waals surface area (Å²) in [6, 6.07) is 4.96. The van der Waals surface area contributed by atoms with Crippen molar-refractivity contribution < 1.29 is 17.9 Å². The van der Waals surface area contributed by atoms with Crippen molar-refractivity contribution >= 4 is 21.6 Å². The summed E-state index contributed by atoms with van der Waals surface area (Å²) in [5.41, 5.74) is 1.12. The normalized spacial score (nSPS) is 16.8. The summed E-state index contributed by atoms with van der Waals surface area (Å²) >= 11 is 0. The van der Waals surface area contributed by atoms with Gasteiger partial charge in [0.2, 0.25) is 10.0 Å². The first-order chi connectivity index (χ1) is 12.4. The van der Waals surface area contributed by atoms with E-state index in [1.54, 1.807) is 32.1 Å². The molecule has 1 heterocycles. The Labute approximate surface area is 156 Å². The second kappa shape index (κ2) is 9.30. The summed E-state index contributed by atoms with van der Waals surface area (Å²) in [6.07, 6.45) is 4.59. The molecule has 0 bridgehead atoms. The van der Waals surface area contributed by atoms with Gasteiger partial charge in [-0.25, -0.2) is 8.42 Å². The maximum atomic E-state index is 12.9. The molecule has 6 nitrogen and oxygen atoms in total. The van der Waals surface area contributed by atoms with Gasteiger partial charge >= 0.3 is 0 Å². The van der Waals surface area contributed by atoms with Crippen molar-refractivity contribution in [3.05, 3.63) is 36.4 Å². The molecular weight excluding hydrogens is 352 g/mol. The number of nitrogens with zero attached hydrogens (tertiary/aromatic N) is 1. The summed E-state index contributed by atoms with van der Waals surface area (Å²) in [7, 11) is -3.55. The van der Waals surface area contributed by atoms with Crippen LogP contribution in [0.3, 0.4) is 0 Å². The first-order valence-electron chi connectivity index (χ1n) is 9.00. The van der Waals surface area contributed by atoms with E-state index in [1.807, 2.05) is 0 Å². The van der Waals surface area contributed by atoms with Crippen LogP contribution in [0.2, 0.25) is 0 Å². The number of benzene rings is 1. The monoisotopic (exact) mass is 380 g/mol. The van der Waals surface area contributed by atoms with Crippen LogP contribution >= 0.6 is 0 Å². The molecule has 0 saturated carbocycles. The smallest absolute Gasteiger partial charge is 0.253 e. The molecule has 0 unspecified atom stereocenters. The van der Waals surface area contributed by atoms with Crippen LogP contribution < -0.4 is 5.32 Å². The number of amides is 1. The van der Waals surface area contributed by atoms with Gasteiger partial charge in [0.05, 0.1) is 11.5 Å². The summed E-state index contributed by atoms with van der Waals surface area (Å²) in [6.45, 7) is 8.55. The standard InChI is InChI=1S/C19H28N2O4S/c1-4-5-13-25-16(3)19(22)20-17-10-9-15(2)18(14-17)26(23,24)21-11-7-6-8-12-21/h4,9-10,14,16H,1,5-8,11-13H2,2-3H3,(H,20,22)/t16-/m0/s1. The van der Waals surface area contributed by atoms with E-state index < -0.39 is 16.1 Å². The summed E-state index contributed by atoms with van der Waals surface area (Å²) in [5, 5.41) is 2.74. The fourth-order valence-electron chi connectivity index (χ4n) is 2.85. The number of nitrogens with one attached hydrogen (secondary N) is 1. The van der Waals surface area contributed by atoms with Crippen molar-refractivity contribution in [3.8, 4) is 0 Å². The molecule has 1 fully saturated rings. The molecule has 1 amide bonds. The Morgan fingerprint density at radius 2 is 2.04 bits per heavy atom. The molecule has 1 aromatic carbocycles. The van der Waals surface area contributed by atoms with Crippen LogP contribution in [0.1, 0.15) is 38.2 Å². The van der Waals surface area contributed by atoms with E-state index in [0.717, 1.165) is 19.3 Å². The molecule has 0 aromatic heterocycles. The van der Waals surface area contributed by atoms with Crippen LogP contribution in [0.4, 0.5) is 5.69 Å². The third-order valence-corrected chi connectivity index (χ3v) is 6.49. The van der Waals surface area contributed by atoms with Gasteiger partial charge in [-0.1, -0.05) is 18.6 Å². The van der Waals surface area contributed by atoms with Crippen molar-refractivity contribution in [2.45, 2.75) is 50.5 Å². The average Bonchev–Trinajstić information content (AvgIpc) is 2.64. The number of anilines is 1. The van der Waals surface area contributed by atoms with Gasteiger partial charge in [0.15, 0.2) is 0 Å². The minimum Gasteiger partial charge on any atom is -0.368 e. The highest BCUT2D eigenvalue weighted by atomic mass is 32.2. The number of ether oxygens (including phenoxy) is 1. The highest BCUT2D eigenvalue weighted by Gasteiger charge is 2.27. The van der Waals surface area contributed by atoms with Crippen LogP contribution in [-0.4, -0.2) is 44.4 Å². The Hall–Kier alpha value is -1.70. The zero-order valence-electron chi connectivity index (χ0n) is 15.5. The molecule has 1 aromatic rings. The third kappa shape index (κ3) is 5.16. The summed E-state index contributed by atoms with van der Waals surface area (Å²) in [5.74, 6) is -0.306. The molecule has 1 N–H and O–H groups in total. The minimum absolute atomic E-state index is 0.248. The zero-order chi connectivity index (χ0) is 19.2. The molecular formula is C19H28N2O4S. The Bertz CT molecular complexity index is 740.